The molecule has 0 atom stereocenters. The van der Waals surface area contributed by atoms with Crippen molar-refractivity contribution >= 4 is 19.2 Å². The van der Waals surface area contributed by atoms with E-state index in [4.69, 9.17) is 6.15 Å². The second-order valence-electron chi connectivity index (χ2n) is 9.99. The first-order chi connectivity index (χ1) is 13.4. The molecular weight excluding hydrogens is 451 g/mol. The maximum atomic E-state index is 7.31. The van der Waals surface area contributed by atoms with Crippen molar-refractivity contribution in [3.63, 3.8) is 0 Å². The minimum absolute atomic E-state index is 0.0515. The topological polar surface area (TPSA) is 18.5 Å². The van der Waals surface area contributed by atoms with Crippen molar-refractivity contribution in [3.05, 3.63) is 0 Å². The zero-order valence-electron chi connectivity index (χ0n) is 20.3. The molecule has 0 aromatic carbocycles. The Hall–Kier alpha value is 0.719. The first-order valence-electron chi connectivity index (χ1n) is 12.8. The molecule has 168 valence electrons. The Bertz CT molecular complexity index is 344. The van der Waals surface area contributed by atoms with Crippen molar-refractivity contribution in [2.75, 3.05) is 0 Å². The molecule has 0 spiro atoms. The SMILES string of the molecule is CCCCC(C)(CCCC)[O][Sn]1([O]C(C)(CCCC)CCCC)[CH2]CCC[CH2]1. The van der Waals surface area contributed by atoms with E-state index < -0.39 is 19.2 Å². The van der Waals surface area contributed by atoms with E-state index in [-0.39, 0.29) is 11.2 Å². The molecule has 0 amide bonds. The van der Waals surface area contributed by atoms with E-state index in [1.165, 1.54) is 105 Å². The summed E-state index contributed by atoms with van der Waals surface area (Å²) in [7, 11) is 0. The van der Waals surface area contributed by atoms with Gasteiger partial charge in [0, 0.05) is 0 Å². The fourth-order valence-corrected chi connectivity index (χ4v) is 17.7. The van der Waals surface area contributed by atoms with Gasteiger partial charge in [0.2, 0.25) is 0 Å². The van der Waals surface area contributed by atoms with Gasteiger partial charge in [0.1, 0.15) is 0 Å². The predicted octanol–water partition coefficient (Wildman–Crippen LogP) is 8.92. The summed E-state index contributed by atoms with van der Waals surface area (Å²) in [6.07, 6.45) is 19.1. The molecule has 1 aliphatic heterocycles. The Morgan fingerprint density at radius 3 is 1.18 bits per heavy atom. The summed E-state index contributed by atoms with van der Waals surface area (Å²) < 4.78 is 17.2. The summed E-state index contributed by atoms with van der Waals surface area (Å²) in [6, 6.07) is 0. The molecule has 1 saturated heterocycles. The molecule has 3 heteroatoms. The van der Waals surface area contributed by atoms with E-state index in [1.54, 1.807) is 0 Å². The Morgan fingerprint density at radius 2 is 0.893 bits per heavy atom. The second-order valence-corrected chi connectivity index (χ2v) is 19.2. The Morgan fingerprint density at radius 1 is 0.571 bits per heavy atom. The molecule has 1 heterocycles. The zero-order valence-corrected chi connectivity index (χ0v) is 23.2. The van der Waals surface area contributed by atoms with Crippen LogP contribution < -0.4 is 0 Å². The Labute approximate surface area is 182 Å². The molecule has 0 N–H and O–H groups in total. The van der Waals surface area contributed by atoms with Crippen LogP contribution in [0.2, 0.25) is 8.87 Å². The van der Waals surface area contributed by atoms with Gasteiger partial charge in [-0.05, 0) is 0 Å². The normalized spacial score (nSPS) is 17.8. The molecule has 1 fully saturated rings. The average Bonchev–Trinajstić information content (AvgIpc) is 2.68. The quantitative estimate of drug-likeness (QED) is 0.196. The second kappa shape index (κ2) is 13.9. The van der Waals surface area contributed by atoms with Gasteiger partial charge < -0.3 is 0 Å². The van der Waals surface area contributed by atoms with Gasteiger partial charge in [-0.2, -0.15) is 0 Å². The molecule has 0 unspecified atom stereocenters. The van der Waals surface area contributed by atoms with Crippen molar-refractivity contribution in [2.45, 2.75) is 158 Å². The standard InChI is InChI=1S/2C10H21O.C5H10.Sn/c2*1-4-6-8-10(3,11)9-7-5-2;1-3-5-4-2;/h2*4-9H2,1-3H3;1-5H2;/q2*-1;;+2. The number of hydrogen-bond donors (Lipinski definition) is 0. The molecule has 0 aromatic heterocycles. The van der Waals surface area contributed by atoms with Gasteiger partial charge in [0.25, 0.3) is 0 Å². The summed E-state index contributed by atoms with van der Waals surface area (Å²) in [5.74, 6) is 0. The van der Waals surface area contributed by atoms with E-state index in [0.29, 0.717) is 0 Å². The van der Waals surface area contributed by atoms with Gasteiger partial charge >= 0.3 is 183 Å². The van der Waals surface area contributed by atoms with Crippen LogP contribution in [0.15, 0.2) is 0 Å². The minimum atomic E-state index is -3.07. The molecule has 0 aromatic rings. The third-order valence-corrected chi connectivity index (χ3v) is 18.0. The predicted molar refractivity (Wildman–Crippen MR) is 126 cm³/mol. The maximum absolute atomic E-state index is 7.31. The van der Waals surface area contributed by atoms with Gasteiger partial charge in [-0.15, -0.1) is 0 Å². The van der Waals surface area contributed by atoms with E-state index in [0.717, 1.165) is 0 Å². The van der Waals surface area contributed by atoms with Crippen molar-refractivity contribution < 1.29 is 6.15 Å². The van der Waals surface area contributed by atoms with Crippen LogP contribution in [0.5, 0.6) is 0 Å². The van der Waals surface area contributed by atoms with E-state index in [2.05, 4.69) is 41.5 Å². The molecular formula is C25H52O2Sn. The summed E-state index contributed by atoms with van der Waals surface area (Å²) in [4.78, 5) is 0. The summed E-state index contributed by atoms with van der Waals surface area (Å²) >= 11 is -3.07. The molecule has 0 bridgehead atoms. The Balaban J connectivity index is 3.02. The summed E-state index contributed by atoms with van der Waals surface area (Å²) in [5.41, 5.74) is 0.103. The summed E-state index contributed by atoms with van der Waals surface area (Å²) in [6.45, 7) is 14.1. The molecule has 0 aliphatic carbocycles. The van der Waals surface area contributed by atoms with Crippen LogP contribution in [-0.2, 0) is 6.15 Å². The van der Waals surface area contributed by atoms with Crippen LogP contribution in [0.4, 0.5) is 0 Å². The van der Waals surface area contributed by atoms with E-state index in [1.807, 2.05) is 0 Å². The fraction of sp³-hybridized carbons (Fsp3) is 1.00. The van der Waals surface area contributed by atoms with Crippen molar-refractivity contribution in [3.8, 4) is 0 Å². The van der Waals surface area contributed by atoms with Gasteiger partial charge in [-0.3, -0.25) is 0 Å². The molecule has 1 rings (SSSR count). The van der Waals surface area contributed by atoms with Crippen LogP contribution in [-0.4, -0.2) is 30.4 Å². The van der Waals surface area contributed by atoms with E-state index >= 15 is 0 Å². The first kappa shape index (κ1) is 26.8. The van der Waals surface area contributed by atoms with Gasteiger partial charge in [-0.25, -0.2) is 0 Å². The summed E-state index contributed by atoms with van der Waals surface area (Å²) in [5, 5.41) is 0. The van der Waals surface area contributed by atoms with Crippen molar-refractivity contribution in [1.29, 1.82) is 0 Å². The number of rotatable bonds is 16. The molecule has 0 radical (unpaired) electrons. The molecule has 0 saturated carbocycles. The molecule has 2 nitrogen and oxygen atoms in total. The van der Waals surface area contributed by atoms with Crippen LogP contribution >= 0.6 is 0 Å². The van der Waals surface area contributed by atoms with Gasteiger partial charge in [-0.1, -0.05) is 0 Å². The van der Waals surface area contributed by atoms with Crippen molar-refractivity contribution in [2.24, 2.45) is 0 Å². The zero-order chi connectivity index (χ0) is 20.9. The van der Waals surface area contributed by atoms with Gasteiger partial charge in [0.15, 0.2) is 0 Å². The van der Waals surface area contributed by atoms with Crippen molar-refractivity contribution in [1.82, 2.24) is 0 Å². The number of hydrogen-bond acceptors (Lipinski definition) is 2. The number of unbranched alkanes of at least 4 members (excludes halogenated alkanes) is 4. The Kier molecular flexibility index (Phi) is 13.3. The van der Waals surface area contributed by atoms with Crippen LogP contribution in [0.3, 0.4) is 0 Å². The van der Waals surface area contributed by atoms with E-state index in [9.17, 15) is 0 Å². The van der Waals surface area contributed by atoms with Crippen LogP contribution in [0.1, 0.15) is 138 Å². The first-order valence-corrected chi connectivity index (χ1v) is 19.1. The third kappa shape index (κ3) is 9.68. The van der Waals surface area contributed by atoms with Gasteiger partial charge in [0.05, 0.1) is 0 Å². The van der Waals surface area contributed by atoms with Crippen LogP contribution in [0, 0.1) is 0 Å². The molecule has 28 heavy (non-hydrogen) atoms. The monoisotopic (exact) mass is 504 g/mol. The molecule has 1 aliphatic rings. The third-order valence-electron chi connectivity index (χ3n) is 6.72. The average molecular weight is 503 g/mol. The van der Waals surface area contributed by atoms with Crippen LogP contribution in [0.25, 0.3) is 0 Å². The fourth-order valence-electron chi connectivity index (χ4n) is 4.87.